The minimum atomic E-state index is 0.494. The third-order valence-electron chi connectivity index (χ3n) is 2.61. The van der Waals surface area contributed by atoms with Crippen molar-refractivity contribution in [1.82, 2.24) is 9.55 Å². The Kier molecular flexibility index (Phi) is 4.93. The Hall–Kier alpha value is -0.220. The number of hydrogen-bond acceptors (Lipinski definition) is 2. The van der Waals surface area contributed by atoms with Crippen LogP contribution in [0.1, 0.15) is 44.8 Å². The lowest BCUT2D eigenvalue weighted by Gasteiger charge is -2.18. The van der Waals surface area contributed by atoms with Crippen molar-refractivity contribution in [3.63, 3.8) is 0 Å². The summed E-state index contributed by atoms with van der Waals surface area (Å²) < 4.78 is 3.11. The number of hydrogen-bond donors (Lipinski definition) is 1. The van der Waals surface area contributed by atoms with E-state index in [0.29, 0.717) is 12.0 Å². The van der Waals surface area contributed by atoms with Crippen LogP contribution in [0.15, 0.2) is 6.20 Å². The molecule has 1 aromatic rings. The average Bonchev–Trinajstić information content (AvgIpc) is 2.56. The Morgan fingerprint density at radius 2 is 2.13 bits per heavy atom. The number of thioether (sulfide) groups is 1. The van der Waals surface area contributed by atoms with Gasteiger partial charge in [0.15, 0.2) is 4.77 Å². The van der Waals surface area contributed by atoms with E-state index in [9.17, 15) is 0 Å². The summed E-state index contributed by atoms with van der Waals surface area (Å²) in [6.07, 6.45) is 5.36. The molecule has 4 heteroatoms. The molecule has 0 spiro atoms. The number of nitrogens with zero attached hydrogens (tertiary/aromatic N) is 1. The van der Waals surface area contributed by atoms with E-state index in [-0.39, 0.29) is 0 Å². The number of aromatic amines is 1. The maximum absolute atomic E-state index is 5.32. The van der Waals surface area contributed by atoms with Gasteiger partial charge in [0.2, 0.25) is 0 Å². The molecule has 0 aromatic carbocycles. The topological polar surface area (TPSA) is 20.7 Å². The number of H-pyrrole nitrogens is 1. The van der Waals surface area contributed by atoms with Crippen molar-refractivity contribution in [2.45, 2.75) is 39.2 Å². The molecule has 0 aliphatic rings. The fourth-order valence-electron chi connectivity index (χ4n) is 1.71. The number of imidazole rings is 1. The molecule has 0 radical (unpaired) electrons. The first-order valence-electron chi connectivity index (χ1n) is 5.36. The highest BCUT2D eigenvalue weighted by Crippen LogP contribution is 2.22. The number of rotatable bonds is 5. The minimum Gasteiger partial charge on any atom is -0.337 e. The normalized spacial score (nSPS) is 13.4. The fraction of sp³-hybridized carbons (Fsp3) is 0.727. The quantitative estimate of drug-likeness (QED) is 0.791. The second-order valence-electron chi connectivity index (χ2n) is 4.17. The highest BCUT2D eigenvalue weighted by atomic mass is 32.2. The van der Waals surface area contributed by atoms with Gasteiger partial charge in [-0.25, -0.2) is 0 Å². The molecule has 1 unspecified atom stereocenters. The predicted octanol–water partition coefficient (Wildman–Crippen LogP) is 3.98. The van der Waals surface area contributed by atoms with Gasteiger partial charge in [-0.3, -0.25) is 0 Å². The molecule has 1 N–H and O–H groups in total. The summed E-state index contributed by atoms with van der Waals surface area (Å²) in [7, 11) is 0. The number of aromatic nitrogens is 2. The van der Waals surface area contributed by atoms with Crippen LogP contribution in [0.25, 0.3) is 0 Å². The van der Waals surface area contributed by atoms with E-state index in [4.69, 9.17) is 12.2 Å². The molecule has 0 amide bonds. The summed E-state index contributed by atoms with van der Waals surface area (Å²) in [4.78, 5) is 3.15. The van der Waals surface area contributed by atoms with Crippen LogP contribution in [0.5, 0.6) is 0 Å². The van der Waals surface area contributed by atoms with Gasteiger partial charge < -0.3 is 9.55 Å². The van der Waals surface area contributed by atoms with Gasteiger partial charge in [0, 0.05) is 17.9 Å². The van der Waals surface area contributed by atoms with Gasteiger partial charge in [0.1, 0.15) is 0 Å². The van der Waals surface area contributed by atoms with Gasteiger partial charge in [-0.15, -0.1) is 0 Å². The molecule has 0 saturated heterocycles. The molecule has 0 saturated carbocycles. The van der Waals surface area contributed by atoms with Crippen molar-refractivity contribution in [2.24, 2.45) is 0 Å². The van der Waals surface area contributed by atoms with E-state index in [1.807, 2.05) is 18.0 Å². The molecule has 86 valence electrons. The van der Waals surface area contributed by atoms with E-state index in [1.165, 1.54) is 17.9 Å². The summed E-state index contributed by atoms with van der Waals surface area (Å²) in [5.74, 6) is 1.71. The average molecular weight is 244 g/mol. The third kappa shape index (κ3) is 3.11. The van der Waals surface area contributed by atoms with E-state index < -0.39 is 0 Å². The molecule has 1 aromatic heterocycles. The molecular weight excluding hydrogens is 224 g/mol. The molecule has 0 fully saturated rings. The van der Waals surface area contributed by atoms with Gasteiger partial charge >= 0.3 is 0 Å². The minimum absolute atomic E-state index is 0.494. The molecule has 1 atom stereocenters. The van der Waals surface area contributed by atoms with Gasteiger partial charge in [0.25, 0.3) is 0 Å². The lowest BCUT2D eigenvalue weighted by molar-refractivity contribution is 0.500. The van der Waals surface area contributed by atoms with E-state index in [1.54, 1.807) is 0 Å². The first kappa shape index (κ1) is 12.8. The van der Waals surface area contributed by atoms with Crippen molar-refractivity contribution < 1.29 is 0 Å². The highest BCUT2D eigenvalue weighted by Gasteiger charge is 2.12. The van der Waals surface area contributed by atoms with Crippen LogP contribution in [0.3, 0.4) is 0 Å². The van der Waals surface area contributed by atoms with Crippen molar-refractivity contribution in [3.8, 4) is 0 Å². The largest absolute Gasteiger partial charge is 0.337 e. The van der Waals surface area contributed by atoms with Gasteiger partial charge in [-0.2, -0.15) is 11.8 Å². The second kappa shape index (κ2) is 5.75. The zero-order valence-electron chi connectivity index (χ0n) is 9.91. The van der Waals surface area contributed by atoms with Gasteiger partial charge in [0.05, 0.1) is 0 Å². The van der Waals surface area contributed by atoms with Crippen molar-refractivity contribution in [2.75, 3.05) is 12.0 Å². The first-order valence-corrected chi connectivity index (χ1v) is 7.16. The predicted molar refractivity (Wildman–Crippen MR) is 71.4 cm³/mol. The summed E-state index contributed by atoms with van der Waals surface area (Å²) >= 11 is 7.21. The van der Waals surface area contributed by atoms with E-state index >= 15 is 0 Å². The van der Waals surface area contributed by atoms with Crippen LogP contribution in [-0.4, -0.2) is 21.6 Å². The van der Waals surface area contributed by atoms with Crippen molar-refractivity contribution in [1.29, 1.82) is 0 Å². The smallest absolute Gasteiger partial charge is 0.177 e. The summed E-state index contributed by atoms with van der Waals surface area (Å²) in [6, 6.07) is 0.494. The summed E-state index contributed by atoms with van der Waals surface area (Å²) in [5.41, 5.74) is 1.31. The maximum Gasteiger partial charge on any atom is 0.177 e. The Morgan fingerprint density at radius 1 is 1.47 bits per heavy atom. The molecular formula is C11H20N2S2. The molecule has 0 aliphatic carbocycles. The first-order chi connectivity index (χ1) is 7.07. The summed E-state index contributed by atoms with van der Waals surface area (Å²) in [5, 5.41) is 0. The Bertz CT molecular complexity index is 352. The third-order valence-corrected chi connectivity index (χ3v) is 3.57. The van der Waals surface area contributed by atoms with Crippen LogP contribution >= 0.6 is 24.0 Å². The fourth-order valence-corrected chi connectivity index (χ4v) is 2.63. The molecule has 1 heterocycles. The molecule has 0 bridgehead atoms. The van der Waals surface area contributed by atoms with Crippen LogP contribution in [0.4, 0.5) is 0 Å². The van der Waals surface area contributed by atoms with Crippen LogP contribution in [-0.2, 0) is 0 Å². The Labute approximate surface area is 101 Å². The monoisotopic (exact) mass is 244 g/mol. The molecule has 15 heavy (non-hydrogen) atoms. The standard InChI is InChI=1S/C11H20N2S2/c1-8(2)10-7-12-11(14)13(10)9(3)5-6-15-4/h7-9H,5-6H2,1-4H3,(H,12,14). The lowest BCUT2D eigenvalue weighted by atomic mass is 10.1. The van der Waals surface area contributed by atoms with Crippen LogP contribution < -0.4 is 0 Å². The van der Waals surface area contributed by atoms with Crippen LogP contribution in [0, 0.1) is 4.77 Å². The lowest BCUT2D eigenvalue weighted by Crippen LogP contribution is -2.10. The van der Waals surface area contributed by atoms with Gasteiger partial charge in [-0.05, 0) is 43.5 Å². The number of nitrogens with one attached hydrogen (secondary N) is 1. The zero-order valence-corrected chi connectivity index (χ0v) is 11.5. The van der Waals surface area contributed by atoms with Crippen molar-refractivity contribution in [3.05, 3.63) is 16.7 Å². The van der Waals surface area contributed by atoms with Gasteiger partial charge in [-0.1, -0.05) is 13.8 Å². The highest BCUT2D eigenvalue weighted by molar-refractivity contribution is 7.98. The Balaban J connectivity index is 2.91. The summed E-state index contributed by atoms with van der Waals surface area (Å²) in [6.45, 7) is 6.65. The van der Waals surface area contributed by atoms with E-state index in [2.05, 4.69) is 36.6 Å². The molecule has 0 aliphatic heterocycles. The second-order valence-corrected chi connectivity index (χ2v) is 5.55. The SMILES string of the molecule is CSCCC(C)n1c(C(C)C)c[nH]c1=S. The molecule has 2 nitrogen and oxygen atoms in total. The Morgan fingerprint density at radius 3 is 2.67 bits per heavy atom. The van der Waals surface area contributed by atoms with Crippen molar-refractivity contribution >= 4 is 24.0 Å². The zero-order chi connectivity index (χ0) is 11.4. The van der Waals surface area contributed by atoms with E-state index in [0.717, 1.165) is 4.77 Å². The maximum atomic E-state index is 5.32. The molecule has 1 rings (SSSR count). The van der Waals surface area contributed by atoms with Crippen LogP contribution in [0.2, 0.25) is 0 Å².